The topological polar surface area (TPSA) is 50.1 Å². The summed E-state index contributed by atoms with van der Waals surface area (Å²) in [5, 5.41) is 4.25. The Balaban J connectivity index is 1.78. The second kappa shape index (κ2) is 6.56. The minimum atomic E-state index is 0.216. The first-order valence-electron chi connectivity index (χ1n) is 7.51. The minimum Gasteiger partial charge on any atom is -0.355 e. The van der Waals surface area contributed by atoms with E-state index in [9.17, 15) is 0 Å². The van der Waals surface area contributed by atoms with E-state index in [4.69, 9.17) is 0 Å². The van der Waals surface area contributed by atoms with E-state index in [0.717, 1.165) is 24.7 Å². The van der Waals surface area contributed by atoms with Gasteiger partial charge in [0, 0.05) is 56.5 Å². The normalized spacial score (nSPS) is 16.6. The van der Waals surface area contributed by atoms with Crippen LogP contribution in [0.1, 0.15) is 18.5 Å². The molecule has 1 atom stereocenters. The number of rotatable bonds is 4. The van der Waals surface area contributed by atoms with Gasteiger partial charge < -0.3 is 9.80 Å². The van der Waals surface area contributed by atoms with Crippen LogP contribution in [0, 0.1) is 0 Å². The summed E-state index contributed by atoms with van der Waals surface area (Å²) in [6, 6.07) is 2.30. The number of nitrogens with zero attached hydrogens (tertiary/aromatic N) is 6. The van der Waals surface area contributed by atoms with Gasteiger partial charge >= 0.3 is 0 Å². The molecule has 3 rings (SSSR count). The van der Waals surface area contributed by atoms with Gasteiger partial charge in [-0.15, -0.1) is 0 Å². The number of aryl methyl sites for hydroxylation is 1. The van der Waals surface area contributed by atoms with Crippen molar-refractivity contribution in [3.8, 4) is 0 Å². The number of hydrogen-bond donors (Lipinski definition) is 0. The molecule has 0 saturated carbocycles. The summed E-state index contributed by atoms with van der Waals surface area (Å²) >= 11 is 2.00. The van der Waals surface area contributed by atoms with Crippen LogP contribution in [0.4, 0.5) is 11.6 Å². The van der Waals surface area contributed by atoms with E-state index in [0.29, 0.717) is 0 Å². The summed E-state index contributed by atoms with van der Waals surface area (Å²) in [5.74, 6) is 4.30. The molecule has 7 heteroatoms. The maximum absolute atomic E-state index is 4.44. The van der Waals surface area contributed by atoms with Gasteiger partial charge in [-0.1, -0.05) is 0 Å². The molecular weight excluding hydrogens is 296 g/mol. The Morgan fingerprint density at radius 3 is 2.73 bits per heavy atom. The quantitative estimate of drug-likeness (QED) is 0.859. The largest absolute Gasteiger partial charge is 0.355 e. The highest BCUT2D eigenvalue weighted by molar-refractivity contribution is 7.99. The zero-order valence-corrected chi connectivity index (χ0v) is 14.1. The standard InChI is InChI=1S/C15H22N6S/c1-12(13-9-18-19(2)10-13)20(3)14-8-15(17-11-16-14)21-4-6-22-7-5-21/h8-12H,4-7H2,1-3H3/t12-/m0/s1. The van der Waals surface area contributed by atoms with E-state index in [1.165, 1.54) is 17.1 Å². The Kier molecular flexibility index (Phi) is 4.52. The fraction of sp³-hybridized carbons (Fsp3) is 0.533. The van der Waals surface area contributed by atoms with Gasteiger partial charge in [0.25, 0.3) is 0 Å². The van der Waals surface area contributed by atoms with E-state index < -0.39 is 0 Å². The van der Waals surface area contributed by atoms with Crippen LogP contribution in [0.5, 0.6) is 0 Å². The second-order valence-corrected chi connectivity index (χ2v) is 6.79. The van der Waals surface area contributed by atoms with Crippen LogP contribution in [-0.4, -0.2) is 51.4 Å². The van der Waals surface area contributed by atoms with Gasteiger partial charge in [-0.2, -0.15) is 16.9 Å². The molecule has 0 N–H and O–H groups in total. The molecule has 0 spiro atoms. The fourth-order valence-corrected chi connectivity index (χ4v) is 3.48. The lowest BCUT2D eigenvalue weighted by molar-refractivity contribution is 0.720. The Hall–Kier alpha value is -1.76. The second-order valence-electron chi connectivity index (χ2n) is 5.57. The molecule has 3 heterocycles. The Morgan fingerprint density at radius 1 is 1.27 bits per heavy atom. The maximum atomic E-state index is 4.44. The van der Waals surface area contributed by atoms with Crippen LogP contribution in [0.15, 0.2) is 24.8 Å². The van der Waals surface area contributed by atoms with Crippen LogP contribution in [-0.2, 0) is 7.05 Å². The average Bonchev–Trinajstić information content (AvgIpc) is 3.01. The van der Waals surface area contributed by atoms with Gasteiger partial charge in [0.1, 0.15) is 18.0 Å². The first-order valence-corrected chi connectivity index (χ1v) is 8.67. The lowest BCUT2D eigenvalue weighted by atomic mass is 10.1. The van der Waals surface area contributed by atoms with E-state index in [1.54, 1.807) is 6.33 Å². The van der Waals surface area contributed by atoms with Crippen molar-refractivity contribution in [1.82, 2.24) is 19.7 Å². The van der Waals surface area contributed by atoms with Crippen LogP contribution in [0.2, 0.25) is 0 Å². The first kappa shape index (κ1) is 15.1. The van der Waals surface area contributed by atoms with Gasteiger partial charge in [-0.05, 0) is 6.92 Å². The molecule has 118 valence electrons. The molecule has 2 aromatic heterocycles. The van der Waals surface area contributed by atoms with Crippen molar-refractivity contribution >= 4 is 23.4 Å². The van der Waals surface area contributed by atoms with Gasteiger partial charge in [0.15, 0.2) is 0 Å². The fourth-order valence-electron chi connectivity index (χ4n) is 2.57. The van der Waals surface area contributed by atoms with Crippen LogP contribution in [0.3, 0.4) is 0 Å². The molecule has 1 saturated heterocycles. The number of anilines is 2. The van der Waals surface area contributed by atoms with Crippen LogP contribution >= 0.6 is 11.8 Å². The molecule has 0 aromatic carbocycles. The average molecular weight is 318 g/mol. The third-order valence-electron chi connectivity index (χ3n) is 4.12. The van der Waals surface area contributed by atoms with E-state index in [2.05, 4.69) is 44.9 Å². The third kappa shape index (κ3) is 3.19. The highest BCUT2D eigenvalue weighted by Gasteiger charge is 2.18. The van der Waals surface area contributed by atoms with Crippen molar-refractivity contribution in [2.45, 2.75) is 13.0 Å². The highest BCUT2D eigenvalue weighted by atomic mass is 32.2. The summed E-state index contributed by atoms with van der Waals surface area (Å²) in [7, 11) is 4.00. The van der Waals surface area contributed by atoms with Gasteiger partial charge in [0.05, 0.1) is 12.2 Å². The van der Waals surface area contributed by atoms with Crippen molar-refractivity contribution in [2.75, 3.05) is 41.4 Å². The predicted octanol–water partition coefficient (Wildman–Crippen LogP) is 1.96. The molecule has 6 nitrogen and oxygen atoms in total. The zero-order chi connectivity index (χ0) is 15.5. The molecule has 0 amide bonds. The summed E-state index contributed by atoms with van der Waals surface area (Å²) < 4.78 is 1.83. The molecule has 1 aliphatic rings. The van der Waals surface area contributed by atoms with Crippen molar-refractivity contribution in [2.24, 2.45) is 7.05 Å². The Labute approximate surface area is 135 Å². The molecule has 22 heavy (non-hydrogen) atoms. The minimum absolute atomic E-state index is 0.216. The van der Waals surface area contributed by atoms with Gasteiger partial charge in [0.2, 0.25) is 0 Å². The molecule has 1 aliphatic heterocycles. The third-order valence-corrected chi connectivity index (χ3v) is 5.07. The number of aromatic nitrogens is 4. The summed E-state index contributed by atoms with van der Waals surface area (Å²) in [6.45, 7) is 4.28. The van der Waals surface area contributed by atoms with E-state index >= 15 is 0 Å². The lowest BCUT2D eigenvalue weighted by Gasteiger charge is -2.29. The van der Waals surface area contributed by atoms with Crippen LogP contribution < -0.4 is 9.80 Å². The monoisotopic (exact) mass is 318 g/mol. The molecule has 0 bridgehead atoms. The van der Waals surface area contributed by atoms with Crippen LogP contribution in [0.25, 0.3) is 0 Å². The SMILES string of the molecule is C[C@@H](c1cnn(C)c1)N(C)c1cc(N2CCSCC2)ncn1. The Bertz CT molecular complexity index is 622. The highest BCUT2D eigenvalue weighted by Crippen LogP contribution is 2.26. The van der Waals surface area contributed by atoms with Crippen molar-refractivity contribution in [3.05, 3.63) is 30.4 Å². The maximum Gasteiger partial charge on any atom is 0.134 e. The first-order chi connectivity index (χ1) is 10.6. The summed E-state index contributed by atoms with van der Waals surface area (Å²) in [4.78, 5) is 13.4. The van der Waals surface area contributed by atoms with Crippen molar-refractivity contribution in [1.29, 1.82) is 0 Å². The van der Waals surface area contributed by atoms with Gasteiger partial charge in [-0.3, -0.25) is 4.68 Å². The number of hydrogen-bond acceptors (Lipinski definition) is 6. The molecular formula is C15H22N6S. The molecule has 0 unspecified atom stereocenters. The molecule has 2 aromatic rings. The number of thioether (sulfide) groups is 1. The molecule has 0 aliphatic carbocycles. The predicted molar refractivity (Wildman–Crippen MR) is 91.6 cm³/mol. The van der Waals surface area contributed by atoms with Crippen molar-refractivity contribution in [3.63, 3.8) is 0 Å². The van der Waals surface area contributed by atoms with Gasteiger partial charge in [-0.25, -0.2) is 9.97 Å². The zero-order valence-electron chi connectivity index (χ0n) is 13.3. The molecule has 1 fully saturated rings. The summed E-state index contributed by atoms with van der Waals surface area (Å²) in [6.07, 6.45) is 5.62. The lowest BCUT2D eigenvalue weighted by Crippen LogP contribution is -2.33. The van der Waals surface area contributed by atoms with E-state index in [-0.39, 0.29) is 6.04 Å². The van der Waals surface area contributed by atoms with E-state index in [1.807, 2.05) is 35.9 Å². The smallest absolute Gasteiger partial charge is 0.134 e. The molecule has 0 radical (unpaired) electrons. The van der Waals surface area contributed by atoms with Crippen molar-refractivity contribution < 1.29 is 0 Å². The Morgan fingerprint density at radius 2 is 2.05 bits per heavy atom. The summed E-state index contributed by atoms with van der Waals surface area (Å²) in [5.41, 5.74) is 1.18.